The Labute approximate surface area is 131 Å². The number of para-hydroxylation sites is 2. The number of aliphatic hydroxyl groups is 1. The average molecular weight is 322 g/mol. The first kappa shape index (κ1) is 16.7. The fourth-order valence-electron chi connectivity index (χ4n) is 1.90. The molecular formula is C16H16F2N2O3. The van der Waals surface area contributed by atoms with Crippen molar-refractivity contribution in [1.82, 2.24) is 5.32 Å². The molecule has 0 unspecified atom stereocenters. The van der Waals surface area contributed by atoms with Crippen molar-refractivity contribution in [2.45, 2.75) is 6.54 Å². The first-order valence-electron chi connectivity index (χ1n) is 6.92. The van der Waals surface area contributed by atoms with Gasteiger partial charge in [-0.3, -0.25) is 0 Å². The van der Waals surface area contributed by atoms with E-state index in [0.29, 0.717) is 11.3 Å². The molecule has 0 spiro atoms. The Morgan fingerprint density at radius 2 is 1.78 bits per heavy atom. The lowest BCUT2D eigenvalue weighted by Gasteiger charge is -2.12. The van der Waals surface area contributed by atoms with E-state index in [4.69, 9.17) is 9.84 Å². The third kappa shape index (κ3) is 4.65. The third-order valence-electron chi connectivity index (χ3n) is 2.96. The number of hydrogen-bond acceptors (Lipinski definition) is 3. The van der Waals surface area contributed by atoms with E-state index in [1.165, 1.54) is 6.07 Å². The van der Waals surface area contributed by atoms with Gasteiger partial charge < -0.3 is 20.5 Å². The number of benzene rings is 2. The van der Waals surface area contributed by atoms with Crippen LogP contribution >= 0.6 is 0 Å². The molecule has 122 valence electrons. The molecule has 0 aliphatic carbocycles. The van der Waals surface area contributed by atoms with Crippen LogP contribution in [0, 0.1) is 11.6 Å². The number of rotatable bonds is 6. The van der Waals surface area contributed by atoms with Crippen LogP contribution in [-0.2, 0) is 6.54 Å². The largest absolute Gasteiger partial charge is 0.491 e. The lowest BCUT2D eigenvalue weighted by Crippen LogP contribution is -2.29. The SMILES string of the molecule is O=C(NCc1ccccc1OCCO)Nc1c(F)cccc1F. The number of urea groups is 1. The van der Waals surface area contributed by atoms with Crippen molar-refractivity contribution in [3.05, 3.63) is 59.7 Å². The van der Waals surface area contributed by atoms with Crippen molar-refractivity contribution in [3.63, 3.8) is 0 Å². The quantitative estimate of drug-likeness (QED) is 0.766. The minimum atomic E-state index is -0.855. The van der Waals surface area contributed by atoms with Crippen molar-refractivity contribution in [2.75, 3.05) is 18.5 Å². The molecule has 5 nitrogen and oxygen atoms in total. The molecule has 0 aliphatic heterocycles. The van der Waals surface area contributed by atoms with Gasteiger partial charge in [0.25, 0.3) is 0 Å². The van der Waals surface area contributed by atoms with Gasteiger partial charge in [-0.15, -0.1) is 0 Å². The molecule has 0 atom stereocenters. The number of halogens is 2. The van der Waals surface area contributed by atoms with Crippen LogP contribution < -0.4 is 15.4 Å². The first-order valence-corrected chi connectivity index (χ1v) is 6.92. The van der Waals surface area contributed by atoms with Crippen LogP contribution in [-0.4, -0.2) is 24.4 Å². The zero-order valence-corrected chi connectivity index (χ0v) is 12.2. The molecule has 2 rings (SSSR count). The molecule has 7 heteroatoms. The number of nitrogens with one attached hydrogen (secondary N) is 2. The molecule has 0 aliphatic rings. The van der Waals surface area contributed by atoms with Crippen molar-refractivity contribution < 1.29 is 23.4 Å². The van der Waals surface area contributed by atoms with Gasteiger partial charge in [0, 0.05) is 12.1 Å². The average Bonchev–Trinajstić information content (AvgIpc) is 2.55. The van der Waals surface area contributed by atoms with Gasteiger partial charge in [0.15, 0.2) is 0 Å². The van der Waals surface area contributed by atoms with E-state index in [1.54, 1.807) is 24.3 Å². The highest BCUT2D eigenvalue weighted by Gasteiger charge is 2.12. The predicted octanol–water partition coefficient (Wildman–Crippen LogP) is 2.66. The minimum Gasteiger partial charge on any atom is -0.491 e. The van der Waals surface area contributed by atoms with Crippen LogP contribution in [0.2, 0.25) is 0 Å². The van der Waals surface area contributed by atoms with Crippen molar-refractivity contribution in [2.24, 2.45) is 0 Å². The summed E-state index contributed by atoms with van der Waals surface area (Å²) in [5, 5.41) is 13.4. The van der Waals surface area contributed by atoms with Crippen LogP contribution in [0.25, 0.3) is 0 Å². The summed E-state index contributed by atoms with van der Waals surface area (Å²) < 4.78 is 32.2. The second-order valence-electron chi connectivity index (χ2n) is 4.58. The van der Waals surface area contributed by atoms with Crippen LogP contribution in [0.1, 0.15) is 5.56 Å². The van der Waals surface area contributed by atoms with Gasteiger partial charge in [-0.25, -0.2) is 13.6 Å². The van der Waals surface area contributed by atoms with Crippen LogP contribution in [0.3, 0.4) is 0 Å². The van der Waals surface area contributed by atoms with Gasteiger partial charge in [-0.1, -0.05) is 24.3 Å². The summed E-state index contributed by atoms with van der Waals surface area (Å²) in [4.78, 5) is 11.8. The van der Waals surface area contributed by atoms with Crippen LogP contribution in [0.4, 0.5) is 19.3 Å². The summed E-state index contributed by atoms with van der Waals surface area (Å²) in [6.07, 6.45) is 0. The fraction of sp³-hybridized carbons (Fsp3) is 0.188. The first-order chi connectivity index (χ1) is 11.1. The predicted molar refractivity (Wildman–Crippen MR) is 81.2 cm³/mol. The summed E-state index contributed by atoms with van der Waals surface area (Å²) >= 11 is 0. The topological polar surface area (TPSA) is 70.6 Å². The highest BCUT2D eigenvalue weighted by Crippen LogP contribution is 2.19. The van der Waals surface area contributed by atoms with Crippen molar-refractivity contribution in [1.29, 1.82) is 0 Å². The fourth-order valence-corrected chi connectivity index (χ4v) is 1.90. The summed E-state index contributed by atoms with van der Waals surface area (Å²) in [6, 6.07) is 9.52. The van der Waals surface area contributed by atoms with E-state index in [9.17, 15) is 13.6 Å². The monoisotopic (exact) mass is 322 g/mol. The molecule has 0 fully saturated rings. The molecule has 2 aromatic rings. The molecule has 0 saturated carbocycles. The summed E-state index contributed by atoms with van der Waals surface area (Å²) in [6.45, 7) is 0.0992. The molecule has 2 aromatic carbocycles. The number of hydrogen-bond donors (Lipinski definition) is 3. The Bertz CT molecular complexity index is 660. The third-order valence-corrected chi connectivity index (χ3v) is 2.96. The molecule has 23 heavy (non-hydrogen) atoms. The number of amides is 2. The normalized spacial score (nSPS) is 10.2. The summed E-state index contributed by atoms with van der Waals surface area (Å²) in [5.41, 5.74) is 0.167. The van der Waals surface area contributed by atoms with Gasteiger partial charge in [0.1, 0.15) is 29.7 Å². The summed E-state index contributed by atoms with van der Waals surface area (Å²) in [5.74, 6) is -1.20. The minimum absolute atomic E-state index is 0.101. The number of carbonyl (C=O) groups is 1. The molecule has 3 N–H and O–H groups in total. The summed E-state index contributed by atoms with van der Waals surface area (Å²) in [7, 11) is 0. The van der Waals surface area contributed by atoms with E-state index in [0.717, 1.165) is 12.1 Å². The molecule has 2 amide bonds. The molecule has 0 radical (unpaired) electrons. The van der Waals surface area contributed by atoms with Gasteiger partial charge in [0.05, 0.1) is 6.61 Å². The van der Waals surface area contributed by atoms with Crippen LogP contribution in [0.5, 0.6) is 5.75 Å². The van der Waals surface area contributed by atoms with Crippen LogP contribution in [0.15, 0.2) is 42.5 Å². The Hall–Kier alpha value is -2.67. The molecule has 0 bridgehead atoms. The maximum absolute atomic E-state index is 13.5. The van der Waals surface area contributed by atoms with E-state index >= 15 is 0 Å². The van der Waals surface area contributed by atoms with Gasteiger partial charge in [-0.2, -0.15) is 0 Å². The highest BCUT2D eigenvalue weighted by atomic mass is 19.1. The highest BCUT2D eigenvalue weighted by molar-refractivity contribution is 5.89. The molecule has 0 heterocycles. The van der Waals surface area contributed by atoms with E-state index in [1.807, 2.05) is 0 Å². The van der Waals surface area contributed by atoms with Crippen molar-refractivity contribution in [3.8, 4) is 5.75 Å². The lowest BCUT2D eigenvalue weighted by atomic mass is 10.2. The Kier molecular flexibility index (Phi) is 5.87. The van der Waals surface area contributed by atoms with E-state index < -0.39 is 23.4 Å². The number of aliphatic hydroxyl groups excluding tert-OH is 1. The second kappa shape index (κ2) is 8.09. The van der Waals surface area contributed by atoms with Gasteiger partial charge in [0.2, 0.25) is 0 Å². The molecule has 0 aromatic heterocycles. The van der Waals surface area contributed by atoms with Gasteiger partial charge >= 0.3 is 6.03 Å². The Morgan fingerprint density at radius 3 is 2.48 bits per heavy atom. The van der Waals surface area contributed by atoms with E-state index in [2.05, 4.69) is 10.6 Å². The Balaban J connectivity index is 1.97. The zero-order valence-electron chi connectivity index (χ0n) is 12.2. The van der Waals surface area contributed by atoms with E-state index in [-0.39, 0.29) is 19.8 Å². The second-order valence-corrected chi connectivity index (χ2v) is 4.58. The molecular weight excluding hydrogens is 306 g/mol. The smallest absolute Gasteiger partial charge is 0.319 e. The Morgan fingerprint density at radius 1 is 1.09 bits per heavy atom. The number of ether oxygens (including phenoxy) is 1. The van der Waals surface area contributed by atoms with Gasteiger partial charge in [-0.05, 0) is 18.2 Å². The number of carbonyl (C=O) groups excluding carboxylic acids is 1. The maximum atomic E-state index is 13.5. The lowest BCUT2D eigenvalue weighted by molar-refractivity contribution is 0.200. The molecule has 0 saturated heterocycles. The standard InChI is InChI=1S/C16H16F2N2O3/c17-12-5-3-6-13(18)15(12)20-16(22)19-10-11-4-1-2-7-14(11)23-9-8-21/h1-7,21H,8-10H2,(H2,19,20,22). The number of anilines is 1. The van der Waals surface area contributed by atoms with Crippen molar-refractivity contribution >= 4 is 11.7 Å². The zero-order chi connectivity index (χ0) is 16.7. The maximum Gasteiger partial charge on any atom is 0.319 e.